The molecule has 0 aliphatic heterocycles. The van der Waals surface area contributed by atoms with Crippen LogP contribution in [0.1, 0.15) is 160 Å². The molecule has 0 saturated heterocycles. The Labute approximate surface area is 247 Å². The Morgan fingerprint density at radius 3 is 1.45 bits per heavy atom. The SMILES string of the molecule is CCCCCCCCCCCCCCCCCCCCCC(=O)Nc1ccc(C(=O)NCCN(CC)CC)cc1. The fourth-order valence-corrected chi connectivity index (χ4v) is 5.26. The smallest absolute Gasteiger partial charge is 0.251 e. The van der Waals surface area contributed by atoms with Crippen LogP contribution in [-0.2, 0) is 4.79 Å². The van der Waals surface area contributed by atoms with Crippen molar-refractivity contribution in [2.75, 3.05) is 31.5 Å². The lowest BCUT2D eigenvalue weighted by Crippen LogP contribution is -2.34. The predicted octanol–water partition coefficient (Wildman–Crippen LogP) is 9.52. The van der Waals surface area contributed by atoms with Crippen LogP contribution >= 0.6 is 0 Å². The number of hydrogen-bond acceptors (Lipinski definition) is 3. The van der Waals surface area contributed by atoms with Gasteiger partial charge in [-0.3, -0.25) is 9.59 Å². The molecule has 230 valence electrons. The van der Waals surface area contributed by atoms with Crippen LogP contribution in [0.5, 0.6) is 0 Å². The molecule has 0 saturated carbocycles. The molecule has 0 heterocycles. The van der Waals surface area contributed by atoms with Gasteiger partial charge in [0.2, 0.25) is 5.91 Å². The van der Waals surface area contributed by atoms with E-state index in [0.717, 1.165) is 38.2 Å². The van der Waals surface area contributed by atoms with E-state index in [1.807, 2.05) is 12.1 Å². The molecular formula is C35H63N3O2. The Balaban J connectivity index is 1.93. The summed E-state index contributed by atoms with van der Waals surface area (Å²) >= 11 is 0. The third kappa shape index (κ3) is 20.1. The standard InChI is InChI=1S/C35H63N3O2/c1-4-7-8-9-10-11-12-13-14-15-16-17-18-19-20-21-22-23-24-25-34(39)37-33-28-26-32(27-29-33)35(40)36-30-31-38(5-2)6-3/h26-29H,4-25,30-31H2,1-3H3,(H,36,40)(H,37,39). The maximum Gasteiger partial charge on any atom is 0.251 e. The Morgan fingerprint density at radius 2 is 1.02 bits per heavy atom. The summed E-state index contributed by atoms with van der Waals surface area (Å²) in [5.74, 6) is -0.0116. The number of nitrogens with one attached hydrogen (secondary N) is 2. The highest BCUT2D eigenvalue weighted by Crippen LogP contribution is 2.15. The number of rotatable bonds is 27. The highest BCUT2D eigenvalue weighted by molar-refractivity contribution is 5.95. The molecule has 0 aliphatic carbocycles. The van der Waals surface area contributed by atoms with Crippen LogP contribution in [0.2, 0.25) is 0 Å². The molecule has 0 atom stereocenters. The van der Waals surface area contributed by atoms with E-state index in [9.17, 15) is 9.59 Å². The molecule has 0 bridgehead atoms. The fourth-order valence-electron chi connectivity index (χ4n) is 5.26. The molecule has 0 aliphatic rings. The first kappa shape index (κ1) is 36.1. The highest BCUT2D eigenvalue weighted by atomic mass is 16.2. The highest BCUT2D eigenvalue weighted by Gasteiger charge is 2.07. The van der Waals surface area contributed by atoms with Gasteiger partial charge in [0.1, 0.15) is 0 Å². The summed E-state index contributed by atoms with van der Waals surface area (Å²) in [7, 11) is 0. The van der Waals surface area contributed by atoms with Gasteiger partial charge in [0.05, 0.1) is 0 Å². The molecule has 1 rings (SSSR count). The molecular weight excluding hydrogens is 494 g/mol. The Morgan fingerprint density at radius 1 is 0.600 bits per heavy atom. The normalized spacial score (nSPS) is 11.2. The van der Waals surface area contributed by atoms with Gasteiger partial charge in [-0.2, -0.15) is 0 Å². The fraction of sp³-hybridized carbons (Fsp3) is 0.771. The van der Waals surface area contributed by atoms with Gasteiger partial charge in [-0.05, 0) is 43.8 Å². The van der Waals surface area contributed by atoms with E-state index >= 15 is 0 Å². The van der Waals surface area contributed by atoms with Crippen molar-refractivity contribution in [1.82, 2.24) is 10.2 Å². The molecule has 1 aromatic carbocycles. The van der Waals surface area contributed by atoms with Gasteiger partial charge in [-0.1, -0.05) is 136 Å². The summed E-state index contributed by atoms with van der Waals surface area (Å²) in [5, 5.41) is 5.93. The summed E-state index contributed by atoms with van der Waals surface area (Å²) in [6, 6.07) is 7.18. The lowest BCUT2D eigenvalue weighted by molar-refractivity contribution is -0.116. The minimum Gasteiger partial charge on any atom is -0.351 e. The van der Waals surface area contributed by atoms with Gasteiger partial charge in [-0.15, -0.1) is 0 Å². The Bertz CT molecular complexity index is 731. The van der Waals surface area contributed by atoms with Gasteiger partial charge >= 0.3 is 0 Å². The van der Waals surface area contributed by atoms with Crippen LogP contribution in [0, 0.1) is 0 Å². The second-order valence-electron chi connectivity index (χ2n) is 11.5. The van der Waals surface area contributed by atoms with Crippen LogP contribution in [0.25, 0.3) is 0 Å². The quantitative estimate of drug-likeness (QED) is 0.106. The van der Waals surface area contributed by atoms with Crippen molar-refractivity contribution < 1.29 is 9.59 Å². The summed E-state index contributed by atoms with van der Waals surface area (Å²) in [5.41, 5.74) is 1.37. The van der Waals surface area contributed by atoms with Crippen molar-refractivity contribution >= 4 is 17.5 Å². The number of amides is 2. The molecule has 5 nitrogen and oxygen atoms in total. The van der Waals surface area contributed by atoms with Crippen molar-refractivity contribution in [2.45, 2.75) is 149 Å². The van der Waals surface area contributed by atoms with Crippen molar-refractivity contribution in [1.29, 1.82) is 0 Å². The minimum absolute atomic E-state index is 0.0587. The van der Waals surface area contributed by atoms with Crippen LogP contribution < -0.4 is 10.6 Å². The number of anilines is 1. The first-order valence-corrected chi connectivity index (χ1v) is 17.0. The monoisotopic (exact) mass is 557 g/mol. The molecule has 5 heteroatoms. The number of nitrogens with zero attached hydrogens (tertiary/aromatic N) is 1. The number of likely N-dealkylation sites (N-methyl/N-ethyl adjacent to an activating group) is 1. The Kier molecular flexibility index (Phi) is 23.5. The number of hydrogen-bond donors (Lipinski definition) is 2. The van der Waals surface area contributed by atoms with Crippen LogP contribution in [0.4, 0.5) is 5.69 Å². The van der Waals surface area contributed by atoms with E-state index in [0.29, 0.717) is 18.5 Å². The summed E-state index contributed by atoms with van der Waals surface area (Å²) < 4.78 is 0. The zero-order chi connectivity index (χ0) is 29.1. The van der Waals surface area contributed by atoms with Crippen molar-refractivity contribution in [2.24, 2.45) is 0 Å². The summed E-state index contributed by atoms with van der Waals surface area (Å²) in [4.78, 5) is 26.9. The van der Waals surface area contributed by atoms with Crippen molar-refractivity contribution in [3.8, 4) is 0 Å². The number of benzene rings is 1. The van der Waals surface area contributed by atoms with Gasteiger partial charge in [0.15, 0.2) is 0 Å². The number of carbonyl (C=O) groups is 2. The van der Waals surface area contributed by atoms with E-state index in [1.54, 1.807) is 12.1 Å². The molecule has 40 heavy (non-hydrogen) atoms. The molecule has 0 fully saturated rings. The molecule has 1 aromatic rings. The van der Waals surface area contributed by atoms with Crippen molar-refractivity contribution in [3.63, 3.8) is 0 Å². The molecule has 2 N–H and O–H groups in total. The first-order chi connectivity index (χ1) is 19.6. The minimum atomic E-state index is -0.0703. The average Bonchev–Trinajstić information content (AvgIpc) is 2.96. The first-order valence-electron chi connectivity index (χ1n) is 17.0. The predicted molar refractivity (Wildman–Crippen MR) is 173 cm³/mol. The summed E-state index contributed by atoms with van der Waals surface area (Å²) in [6.45, 7) is 10.0. The van der Waals surface area contributed by atoms with Gasteiger partial charge in [0.25, 0.3) is 5.91 Å². The van der Waals surface area contributed by atoms with E-state index in [-0.39, 0.29) is 11.8 Å². The zero-order valence-corrected chi connectivity index (χ0v) is 26.5. The Hall–Kier alpha value is -1.88. The number of carbonyl (C=O) groups excluding carboxylic acids is 2. The van der Waals surface area contributed by atoms with Crippen LogP contribution in [0.15, 0.2) is 24.3 Å². The van der Waals surface area contributed by atoms with Gasteiger partial charge < -0.3 is 15.5 Å². The third-order valence-corrected chi connectivity index (χ3v) is 8.05. The maximum absolute atomic E-state index is 12.3. The molecule has 0 aromatic heterocycles. The molecule has 2 amide bonds. The maximum atomic E-state index is 12.3. The van der Waals surface area contributed by atoms with Crippen LogP contribution in [-0.4, -0.2) is 42.9 Å². The average molecular weight is 558 g/mol. The van der Waals surface area contributed by atoms with Crippen LogP contribution in [0.3, 0.4) is 0 Å². The second-order valence-corrected chi connectivity index (χ2v) is 11.5. The summed E-state index contributed by atoms with van der Waals surface area (Å²) in [6.07, 6.45) is 26.3. The van der Waals surface area contributed by atoms with E-state index in [4.69, 9.17) is 0 Å². The molecule has 0 unspecified atom stereocenters. The second kappa shape index (κ2) is 26.0. The van der Waals surface area contributed by atoms with E-state index in [2.05, 4.69) is 36.3 Å². The van der Waals surface area contributed by atoms with Crippen molar-refractivity contribution in [3.05, 3.63) is 29.8 Å². The largest absolute Gasteiger partial charge is 0.351 e. The van der Waals surface area contributed by atoms with Gasteiger partial charge in [-0.25, -0.2) is 0 Å². The van der Waals surface area contributed by atoms with E-state index in [1.165, 1.54) is 109 Å². The molecule has 0 radical (unpaired) electrons. The zero-order valence-electron chi connectivity index (χ0n) is 26.5. The molecule has 0 spiro atoms. The third-order valence-electron chi connectivity index (χ3n) is 8.05. The lowest BCUT2D eigenvalue weighted by Gasteiger charge is -2.18. The van der Waals surface area contributed by atoms with E-state index < -0.39 is 0 Å². The lowest BCUT2D eigenvalue weighted by atomic mass is 10.0. The van der Waals surface area contributed by atoms with Gasteiger partial charge in [0, 0.05) is 30.8 Å². The topological polar surface area (TPSA) is 61.4 Å². The number of unbranched alkanes of at least 4 members (excludes halogenated alkanes) is 18.